The maximum absolute atomic E-state index is 15.4. The monoisotopic (exact) mass is 827 g/mol. The first-order valence-corrected chi connectivity index (χ1v) is 18.5. The Hall–Kier alpha value is -5.83. The number of aryl methyl sites for hydroxylation is 1. The van der Waals surface area contributed by atoms with Gasteiger partial charge in [-0.3, -0.25) is 19.0 Å². The van der Waals surface area contributed by atoms with Gasteiger partial charge in [-0.25, -0.2) is 31.3 Å². The van der Waals surface area contributed by atoms with Crippen LogP contribution < -0.4 is 10.6 Å². The Morgan fingerprint density at radius 2 is 1.66 bits per heavy atom. The number of halogens is 8. The van der Waals surface area contributed by atoms with Gasteiger partial charge in [-0.2, -0.15) is 19.0 Å². The molecule has 3 heterocycles. The Labute approximate surface area is 332 Å². The molecule has 2 aliphatic carbocycles. The second-order valence-corrected chi connectivity index (χ2v) is 15.6. The van der Waals surface area contributed by atoms with E-state index in [1.807, 2.05) is 0 Å². The van der Waals surface area contributed by atoms with E-state index >= 15 is 8.78 Å². The third-order valence-corrected chi connectivity index (χ3v) is 10.2. The summed E-state index contributed by atoms with van der Waals surface area (Å²) < 4.78 is 119. The fourth-order valence-electron chi connectivity index (χ4n) is 7.58. The van der Waals surface area contributed by atoms with Crippen LogP contribution in [0.3, 0.4) is 0 Å². The number of nitrogens with one attached hydrogen (secondary N) is 2. The number of hydrogen-bond donors (Lipinski definition) is 3. The fourth-order valence-corrected chi connectivity index (χ4v) is 7.58. The second kappa shape index (κ2) is 15.1. The number of pyridine rings is 1. The SMILES string of the molecule is CC(C)C(=O)Nc1nn(C)c2c(-c3ccc(C#CC(C)(C)O)nc3[C@H](Cc3cc(F)cc(F)c3)NC(=O)Cn3nc(C(F)F)c4c3C(F)(F)[C@@H]3C[C@H]43)ccc(C(F)F)c12. The quantitative estimate of drug-likeness (QED) is 0.0916. The smallest absolute Gasteiger partial charge is 0.293 e. The van der Waals surface area contributed by atoms with Crippen LogP contribution in [0, 0.1) is 35.3 Å². The standard InChI is InChI=1S/C41H37F8N7O3/c1-18(2)39(58)52-38-31-25(36(44)45)9-8-24(34(31)55(5)54-38)23-7-6-22(10-11-40(3,4)59)50-32(23)28(14-19-12-20(42)15-21(43)13-19)51-29(57)17-56-35-30(33(53-56)37(46)47)26-16-27(26)41(35,48)49/h6-9,12-13,15,18,26-28,36-37,59H,14,16-17H2,1-5H3,(H,51,57)(H,52,54,58)/t26-,27+,28-/m0/s1. The average Bonchev–Trinajstić information content (AvgIpc) is 3.68. The minimum absolute atomic E-state index is 0.00116. The van der Waals surface area contributed by atoms with Gasteiger partial charge in [0.1, 0.15) is 40.9 Å². The van der Waals surface area contributed by atoms with Gasteiger partial charge < -0.3 is 15.7 Å². The summed E-state index contributed by atoms with van der Waals surface area (Å²) in [5, 5.41) is 23.5. The maximum Gasteiger partial charge on any atom is 0.293 e. The summed E-state index contributed by atoms with van der Waals surface area (Å²) in [5.41, 5.74) is -3.47. The summed E-state index contributed by atoms with van der Waals surface area (Å²) in [6.07, 6.45) is -6.62. The van der Waals surface area contributed by atoms with E-state index in [1.54, 1.807) is 13.8 Å². The van der Waals surface area contributed by atoms with Gasteiger partial charge >= 0.3 is 0 Å². The first-order valence-electron chi connectivity index (χ1n) is 18.5. The Kier molecular flexibility index (Phi) is 10.6. The summed E-state index contributed by atoms with van der Waals surface area (Å²) >= 11 is 0. The highest BCUT2D eigenvalue weighted by Crippen LogP contribution is 2.68. The lowest BCUT2D eigenvalue weighted by molar-refractivity contribution is -0.123. The van der Waals surface area contributed by atoms with Crippen molar-refractivity contribution in [2.24, 2.45) is 18.9 Å². The number of carbonyl (C=O) groups excluding carboxylic acids is 2. The van der Waals surface area contributed by atoms with Crippen molar-refractivity contribution in [3.8, 4) is 23.0 Å². The van der Waals surface area contributed by atoms with E-state index in [2.05, 4.69) is 37.7 Å². The number of fused-ring (bicyclic) bond motifs is 4. The normalized spacial score (nSPS) is 17.2. The summed E-state index contributed by atoms with van der Waals surface area (Å²) in [6.45, 7) is 5.07. The van der Waals surface area contributed by atoms with E-state index in [1.165, 1.54) is 43.8 Å². The number of alkyl halides is 6. The first-order chi connectivity index (χ1) is 27.6. The lowest BCUT2D eigenvalue weighted by Crippen LogP contribution is -2.35. The van der Waals surface area contributed by atoms with Crippen LogP contribution in [-0.2, 0) is 35.5 Å². The van der Waals surface area contributed by atoms with E-state index in [-0.39, 0.29) is 56.8 Å². The number of amides is 2. The van der Waals surface area contributed by atoms with Gasteiger partial charge in [0.25, 0.3) is 18.8 Å². The molecule has 0 radical (unpaired) electrons. The van der Waals surface area contributed by atoms with E-state index in [0.29, 0.717) is 10.7 Å². The molecule has 1 saturated carbocycles. The Balaban J connectivity index is 1.40. The van der Waals surface area contributed by atoms with E-state index < -0.39 is 102 Å². The predicted molar refractivity (Wildman–Crippen MR) is 198 cm³/mol. The topological polar surface area (TPSA) is 127 Å². The molecule has 2 aliphatic rings. The van der Waals surface area contributed by atoms with Crippen LogP contribution >= 0.6 is 0 Å². The lowest BCUT2D eigenvalue weighted by Gasteiger charge is -2.23. The molecule has 2 amide bonds. The van der Waals surface area contributed by atoms with Gasteiger partial charge in [0.2, 0.25) is 11.8 Å². The van der Waals surface area contributed by atoms with Crippen molar-refractivity contribution in [2.45, 2.75) is 83.4 Å². The summed E-state index contributed by atoms with van der Waals surface area (Å²) in [6, 6.07) is 6.60. The van der Waals surface area contributed by atoms with Crippen LogP contribution in [0.1, 0.15) is 98.4 Å². The number of carbonyl (C=O) groups is 2. The number of nitrogens with zero attached hydrogens (tertiary/aromatic N) is 5. The van der Waals surface area contributed by atoms with Crippen molar-refractivity contribution in [1.82, 2.24) is 29.9 Å². The van der Waals surface area contributed by atoms with Gasteiger partial charge in [-0.05, 0) is 68.4 Å². The molecular formula is C41H37F8N7O3. The van der Waals surface area contributed by atoms with Gasteiger partial charge in [0.15, 0.2) is 5.82 Å². The largest absolute Gasteiger partial charge is 0.378 e. The van der Waals surface area contributed by atoms with Crippen LogP contribution in [0.2, 0.25) is 0 Å². The molecule has 0 aliphatic heterocycles. The predicted octanol–water partition coefficient (Wildman–Crippen LogP) is 8.01. The highest BCUT2D eigenvalue weighted by molar-refractivity contribution is 6.07. The Morgan fingerprint density at radius 3 is 2.29 bits per heavy atom. The number of hydrogen-bond acceptors (Lipinski definition) is 6. The fraction of sp³-hybridized carbons (Fsp3) is 0.390. The molecule has 0 unspecified atom stereocenters. The number of anilines is 1. The molecule has 310 valence electrons. The van der Waals surface area contributed by atoms with E-state index in [4.69, 9.17) is 0 Å². The van der Waals surface area contributed by atoms with Crippen molar-refractivity contribution in [2.75, 3.05) is 5.32 Å². The molecule has 18 heteroatoms. The lowest BCUT2D eigenvalue weighted by atomic mass is 9.92. The number of aromatic nitrogens is 5. The first kappa shape index (κ1) is 41.3. The van der Waals surface area contributed by atoms with Crippen LogP contribution in [0.5, 0.6) is 0 Å². The van der Waals surface area contributed by atoms with Crippen molar-refractivity contribution in [3.63, 3.8) is 0 Å². The summed E-state index contributed by atoms with van der Waals surface area (Å²) in [7, 11) is 1.45. The minimum atomic E-state index is -3.53. The summed E-state index contributed by atoms with van der Waals surface area (Å²) in [4.78, 5) is 31.4. The Bertz CT molecular complexity index is 2550. The van der Waals surface area contributed by atoms with Gasteiger partial charge in [0.05, 0.1) is 22.6 Å². The van der Waals surface area contributed by atoms with Gasteiger partial charge in [-0.1, -0.05) is 31.9 Å². The van der Waals surface area contributed by atoms with Crippen molar-refractivity contribution < 1.29 is 49.8 Å². The second-order valence-electron chi connectivity index (χ2n) is 15.6. The van der Waals surface area contributed by atoms with E-state index in [9.17, 15) is 41.0 Å². The highest BCUT2D eigenvalue weighted by atomic mass is 19.3. The van der Waals surface area contributed by atoms with Crippen LogP contribution in [0.25, 0.3) is 22.0 Å². The average molecular weight is 828 g/mol. The molecule has 3 atom stereocenters. The van der Waals surface area contributed by atoms with Crippen molar-refractivity contribution in [3.05, 3.63) is 93.6 Å². The number of benzene rings is 2. The molecule has 7 rings (SSSR count). The van der Waals surface area contributed by atoms with Gasteiger partial charge in [0, 0.05) is 47.2 Å². The molecule has 2 aromatic carbocycles. The molecule has 3 aromatic heterocycles. The molecule has 3 N–H and O–H groups in total. The number of rotatable bonds is 11. The number of aliphatic hydroxyl groups is 1. The highest BCUT2D eigenvalue weighted by Gasteiger charge is 2.67. The third-order valence-electron chi connectivity index (χ3n) is 10.2. The Morgan fingerprint density at radius 1 is 0.983 bits per heavy atom. The van der Waals surface area contributed by atoms with E-state index in [0.717, 1.165) is 18.2 Å². The zero-order chi connectivity index (χ0) is 42.9. The molecule has 10 nitrogen and oxygen atoms in total. The van der Waals surface area contributed by atoms with Crippen molar-refractivity contribution in [1.29, 1.82) is 0 Å². The molecule has 1 fully saturated rings. The third kappa shape index (κ3) is 7.99. The molecular weight excluding hydrogens is 790 g/mol. The zero-order valence-electron chi connectivity index (χ0n) is 32.2. The molecule has 0 spiro atoms. The van der Waals surface area contributed by atoms with Crippen LogP contribution in [0.4, 0.5) is 40.9 Å². The van der Waals surface area contributed by atoms with Crippen LogP contribution in [-0.4, -0.2) is 47.1 Å². The summed E-state index contributed by atoms with van der Waals surface area (Å²) in [5.74, 6) is -4.38. The molecule has 0 saturated heterocycles. The molecule has 59 heavy (non-hydrogen) atoms. The van der Waals surface area contributed by atoms with Crippen LogP contribution in [0.15, 0.2) is 42.5 Å². The molecule has 5 aromatic rings. The van der Waals surface area contributed by atoms with Crippen molar-refractivity contribution >= 4 is 28.5 Å². The van der Waals surface area contributed by atoms with Gasteiger partial charge in [-0.15, -0.1) is 0 Å². The zero-order valence-corrected chi connectivity index (χ0v) is 32.2. The molecule has 0 bridgehead atoms. The minimum Gasteiger partial charge on any atom is -0.378 e. The maximum atomic E-state index is 15.4.